The predicted molar refractivity (Wildman–Crippen MR) is 112 cm³/mol. The number of pyridine rings is 2. The van der Waals surface area contributed by atoms with E-state index in [2.05, 4.69) is 21.4 Å². The molecule has 0 saturated heterocycles. The lowest BCUT2D eigenvalue weighted by atomic mass is 9.99. The SMILES string of the molecule is Cn1ccc2c(-c3cc(N)c4cnc(NC(=O)[C@@H]5C[C@H]5C#N)cc4c3)ccnc21. The Labute approximate surface area is 166 Å². The standard InChI is InChI=1S/C22H18N6O/c1-28-5-3-16-15(2-4-25-21(16)28)12-6-13-9-20(26-11-18(13)19(24)8-12)27-22(29)17-7-14(17)10-23/h2-6,8-9,11,14,17H,7,24H2,1H3,(H,26,27,29)/t14-,17+/m0/s1. The fourth-order valence-electron chi connectivity index (χ4n) is 3.77. The summed E-state index contributed by atoms with van der Waals surface area (Å²) < 4.78 is 1.98. The number of nitriles is 1. The van der Waals surface area contributed by atoms with Crippen LogP contribution in [0.2, 0.25) is 0 Å². The maximum Gasteiger partial charge on any atom is 0.230 e. The van der Waals surface area contributed by atoms with Gasteiger partial charge in [-0.2, -0.15) is 5.26 Å². The molecule has 1 aliphatic rings. The molecule has 0 spiro atoms. The Kier molecular flexibility index (Phi) is 3.74. The minimum absolute atomic E-state index is 0.160. The zero-order valence-electron chi connectivity index (χ0n) is 15.8. The molecule has 7 heteroatoms. The molecule has 2 atom stereocenters. The molecule has 1 amide bonds. The van der Waals surface area contributed by atoms with Crippen LogP contribution in [-0.2, 0) is 11.8 Å². The Bertz CT molecular complexity index is 1330. The van der Waals surface area contributed by atoms with E-state index < -0.39 is 0 Å². The average molecular weight is 382 g/mol. The summed E-state index contributed by atoms with van der Waals surface area (Å²) in [5.74, 6) is -0.121. The van der Waals surface area contributed by atoms with Crippen LogP contribution >= 0.6 is 0 Å². The minimum Gasteiger partial charge on any atom is -0.398 e. The van der Waals surface area contributed by atoms with Crippen molar-refractivity contribution in [2.45, 2.75) is 6.42 Å². The van der Waals surface area contributed by atoms with Crippen LogP contribution in [0.25, 0.3) is 32.9 Å². The van der Waals surface area contributed by atoms with Gasteiger partial charge in [0.1, 0.15) is 11.5 Å². The number of anilines is 2. The minimum atomic E-state index is -0.239. The van der Waals surface area contributed by atoms with Crippen LogP contribution in [0.15, 0.2) is 48.9 Å². The summed E-state index contributed by atoms with van der Waals surface area (Å²) in [6.45, 7) is 0. The molecule has 29 heavy (non-hydrogen) atoms. The number of aryl methyl sites for hydroxylation is 1. The number of nitrogens with zero attached hydrogens (tertiary/aromatic N) is 4. The molecule has 1 aliphatic carbocycles. The Morgan fingerprint density at radius 1 is 1.28 bits per heavy atom. The average Bonchev–Trinajstić information content (AvgIpc) is 3.43. The normalized spacial score (nSPS) is 17.9. The number of nitrogens with one attached hydrogen (secondary N) is 1. The first kappa shape index (κ1) is 17.2. The lowest BCUT2D eigenvalue weighted by Crippen LogP contribution is -2.15. The fraction of sp³-hybridized carbons (Fsp3) is 0.182. The molecule has 0 aliphatic heterocycles. The summed E-state index contributed by atoms with van der Waals surface area (Å²) in [6, 6.07) is 11.9. The first-order valence-electron chi connectivity index (χ1n) is 9.35. The van der Waals surface area contributed by atoms with Gasteiger partial charge < -0.3 is 15.6 Å². The maximum absolute atomic E-state index is 12.2. The summed E-state index contributed by atoms with van der Waals surface area (Å²) in [6.07, 6.45) is 6.05. The van der Waals surface area contributed by atoms with Gasteiger partial charge in [-0.05, 0) is 53.3 Å². The van der Waals surface area contributed by atoms with Gasteiger partial charge in [0.25, 0.3) is 0 Å². The van der Waals surface area contributed by atoms with Crippen molar-refractivity contribution in [3.05, 3.63) is 48.9 Å². The van der Waals surface area contributed by atoms with Crippen LogP contribution in [0.1, 0.15) is 6.42 Å². The van der Waals surface area contributed by atoms with Gasteiger partial charge in [-0.1, -0.05) is 0 Å². The second-order valence-electron chi connectivity index (χ2n) is 7.45. The number of nitrogen functional groups attached to an aromatic ring is 1. The smallest absolute Gasteiger partial charge is 0.230 e. The number of fused-ring (bicyclic) bond motifs is 2. The van der Waals surface area contributed by atoms with E-state index in [9.17, 15) is 4.79 Å². The monoisotopic (exact) mass is 382 g/mol. The van der Waals surface area contributed by atoms with E-state index in [1.54, 1.807) is 12.4 Å². The Balaban J connectivity index is 1.56. The van der Waals surface area contributed by atoms with Gasteiger partial charge >= 0.3 is 0 Å². The summed E-state index contributed by atoms with van der Waals surface area (Å²) in [5, 5.41) is 14.5. The fourth-order valence-corrected chi connectivity index (χ4v) is 3.77. The van der Waals surface area contributed by atoms with E-state index in [1.165, 1.54) is 0 Å². The highest BCUT2D eigenvalue weighted by molar-refractivity contribution is 6.02. The number of aromatic nitrogens is 3. The van der Waals surface area contributed by atoms with Gasteiger partial charge in [0.2, 0.25) is 5.91 Å². The van der Waals surface area contributed by atoms with E-state index in [0.717, 1.165) is 32.9 Å². The highest BCUT2D eigenvalue weighted by atomic mass is 16.2. The van der Waals surface area contributed by atoms with Crippen molar-refractivity contribution in [1.82, 2.24) is 14.5 Å². The van der Waals surface area contributed by atoms with E-state index in [-0.39, 0.29) is 17.7 Å². The van der Waals surface area contributed by atoms with E-state index in [4.69, 9.17) is 11.0 Å². The first-order valence-corrected chi connectivity index (χ1v) is 9.35. The second kappa shape index (κ2) is 6.31. The zero-order valence-corrected chi connectivity index (χ0v) is 15.8. The molecule has 0 radical (unpaired) electrons. The Hall–Kier alpha value is -3.92. The predicted octanol–water partition coefficient (Wildman–Crippen LogP) is 3.47. The number of hydrogen-bond donors (Lipinski definition) is 2. The van der Waals surface area contributed by atoms with Crippen molar-refractivity contribution >= 4 is 39.2 Å². The number of carbonyl (C=O) groups is 1. The highest BCUT2D eigenvalue weighted by Crippen LogP contribution is 2.39. The van der Waals surface area contributed by atoms with Gasteiger partial charge in [0.05, 0.1) is 17.9 Å². The van der Waals surface area contributed by atoms with E-state index in [1.807, 2.05) is 48.1 Å². The van der Waals surface area contributed by atoms with E-state index >= 15 is 0 Å². The third kappa shape index (κ3) is 2.86. The highest BCUT2D eigenvalue weighted by Gasteiger charge is 2.43. The van der Waals surface area contributed by atoms with Crippen LogP contribution in [0.5, 0.6) is 0 Å². The van der Waals surface area contributed by atoms with Crippen molar-refractivity contribution in [2.24, 2.45) is 18.9 Å². The third-order valence-corrected chi connectivity index (χ3v) is 5.49. The van der Waals surface area contributed by atoms with Gasteiger partial charge in [-0.15, -0.1) is 0 Å². The van der Waals surface area contributed by atoms with Crippen LogP contribution in [0.4, 0.5) is 11.5 Å². The van der Waals surface area contributed by atoms with E-state index in [0.29, 0.717) is 17.9 Å². The van der Waals surface area contributed by atoms with Gasteiger partial charge in [0, 0.05) is 42.1 Å². The number of benzene rings is 1. The number of hydrogen-bond acceptors (Lipinski definition) is 5. The van der Waals surface area contributed by atoms with Crippen LogP contribution < -0.4 is 11.1 Å². The summed E-state index contributed by atoms with van der Waals surface area (Å²) >= 11 is 0. The molecule has 142 valence electrons. The molecule has 0 unspecified atom stereocenters. The molecule has 1 fully saturated rings. The quantitative estimate of drug-likeness (QED) is 0.527. The second-order valence-corrected chi connectivity index (χ2v) is 7.45. The Morgan fingerprint density at radius 2 is 2.14 bits per heavy atom. The van der Waals surface area contributed by atoms with Crippen molar-refractivity contribution < 1.29 is 4.79 Å². The molecule has 3 heterocycles. The first-order chi connectivity index (χ1) is 14.0. The molecule has 7 nitrogen and oxygen atoms in total. The van der Waals surface area contributed by atoms with Crippen LogP contribution in [0, 0.1) is 23.2 Å². The summed E-state index contributed by atoms with van der Waals surface area (Å²) in [5.41, 5.74) is 9.85. The largest absolute Gasteiger partial charge is 0.398 e. The summed E-state index contributed by atoms with van der Waals surface area (Å²) in [7, 11) is 1.96. The topological polar surface area (TPSA) is 110 Å². The number of amides is 1. The number of rotatable bonds is 3. The van der Waals surface area contributed by atoms with Crippen molar-refractivity contribution in [2.75, 3.05) is 11.1 Å². The van der Waals surface area contributed by atoms with Gasteiger partial charge in [0.15, 0.2) is 0 Å². The van der Waals surface area contributed by atoms with Crippen molar-refractivity contribution in [3.63, 3.8) is 0 Å². The molecular formula is C22H18N6O. The number of nitrogens with two attached hydrogens (primary N) is 1. The number of carbonyl (C=O) groups excluding carboxylic acids is 1. The molecule has 0 bridgehead atoms. The lowest BCUT2D eigenvalue weighted by Gasteiger charge is -2.10. The summed E-state index contributed by atoms with van der Waals surface area (Å²) in [4.78, 5) is 21.0. The molecule has 3 aromatic heterocycles. The third-order valence-electron chi connectivity index (χ3n) is 5.49. The van der Waals surface area contributed by atoms with Crippen molar-refractivity contribution in [3.8, 4) is 17.2 Å². The lowest BCUT2D eigenvalue weighted by molar-refractivity contribution is -0.117. The molecule has 1 saturated carbocycles. The zero-order chi connectivity index (χ0) is 20.1. The molecule has 3 N–H and O–H groups in total. The van der Waals surface area contributed by atoms with Gasteiger partial charge in [-0.3, -0.25) is 4.79 Å². The molecular weight excluding hydrogens is 364 g/mol. The van der Waals surface area contributed by atoms with Crippen molar-refractivity contribution in [1.29, 1.82) is 5.26 Å². The maximum atomic E-state index is 12.2. The molecule has 5 rings (SSSR count). The van der Waals surface area contributed by atoms with Gasteiger partial charge in [-0.25, -0.2) is 9.97 Å². The Morgan fingerprint density at radius 3 is 2.93 bits per heavy atom. The van der Waals surface area contributed by atoms with Crippen LogP contribution in [-0.4, -0.2) is 20.4 Å². The molecule has 1 aromatic carbocycles. The molecule has 4 aromatic rings. The van der Waals surface area contributed by atoms with Crippen LogP contribution in [0.3, 0.4) is 0 Å².